The number of fused-ring (bicyclic) bond motifs is 2. The summed E-state index contributed by atoms with van der Waals surface area (Å²) in [5.41, 5.74) is 5.10. The van der Waals surface area contributed by atoms with Crippen molar-refractivity contribution in [2.75, 3.05) is 0 Å². The van der Waals surface area contributed by atoms with E-state index in [-0.39, 0.29) is 0 Å². The molecule has 0 radical (unpaired) electrons. The second kappa shape index (κ2) is 11.0. The minimum absolute atomic E-state index is 0.612. The summed E-state index contributed by atoms with van der Waals surface area (Å²) in [5.74, 6) is 0. The van der Waals surface area contributed by atoms with Crippen LogP contribution < -0.4 is 4.48 Å². The van der Waals surface area contributed by atoms with Gasteiger partial charge in [0.2, 0.25) is 0 Å². The molecule has 0 bridgehead atoms. The van der Waals surface area contributed by atoms with E-state index in [1.54, 1.807) is 0 Å². The van der Waals surface area contributed by atoms with Gasteiger partial charge in [-0.25, -0.2) is 0 Å². The van der Waals surface area contributed by atoms with Crippen LogP contribution in [0.3, 0.4) is 0 Å². The summed E-state index contributed by atoms with van der Waals surface area (Å²) in [7, 11) is -0.877. The van der Waals surface area contributed by atoms with Gasteiger partial charge in [-0.1, -0.05) is 72.4 Å². The van der Waals surface area contributed by atoms with Crippen LogP contribution in [0.2, 0.25) is 0 Å². The maximum atomic E-state index is 2.55. The molecule has 6 heteroatoms. The number of halogens is 3. The summed E-state index contributed by atoms with van der Waals surface area (Å²) in [6.45, 7) is 0. The SMILES string of the molecule is [I][Hg-]([I])[I].c1ccc([N+]2(c3ccccc3)c3ccccc3Sc3ccccc32)cc1. The number of rotatable bonds is 2. The smallest absolute Gasteiger partial charge is 0.162 e. The molecule has 1 aliphatic rings. The Morgan fingerprint density at radius 2 is 0.833 bits per heavy atom. The Balaban J connectivity index is 0.000000503. The Labute approximate surface area is 217 Å². The van der Waals surface area contributed by atoms with Gasteiger partial charge in [-0.3, -0.25) is 0 Å². The van der Waals surface area contributed by atoms with E-state index >= 15 is 0 Å². The van der Waals surface area contributed by atoms with E-state index < -0.39 is 10.0 Å². The average Bonchev–Trinajstić information content (AvgIpc) is 2.78. The van der Waals surface area contributed by atoms with E-state index in [9.17, 15) is 0 Å². The molecule has 0 aliphatic carbocycles. The predicted molar refractivity (Wildman–Crippen MR) is 153 cm³/mol. The van der Waals surface area contributed by atoms with Crippen molar-refractivity contribution in [3.63, 3.8) is 0 Å². The van der Waals surface area contributed by atoms with Gasteiger partial charge in [0, 0.05) is 36.4 Å². The van der Waals surface area contributed by atoms with Crippen LogP contribution in [0.15, 0.2) is 119 Å². The van der Waals surface area contributed by atoms with Gasteiger partial charge in [0.1, 0.15) is 11.4 Å². The summed E-state index contributed by atoms with van der Waals surface area (Å²) in [6.07, 6.45) is 0. The van der Waals surface area contributed by atoms with E-state index in [4.69, 9.17) is 0 Å². The largest absolute Gasteiger partial charge is 0.192 e. The molecule has 148 valence electrons. The first-order valence-electron chi connectivity index (χ1n) is 9.58. The van der Waals surface area contributed by atoms with Crippen LogP contribution in [0.5, 0.6) is 0 Å². The van der Waals surface area contributed by atoms with Crippen molar-refractivity contribution in [2.24, 2.45) is 0 Å². The van der Waals surface area contributed by atoms with Gasteiger partial charge >= 0.3 is 63.0 Å². The van der Waals surface area contributed by atoms with Gasteiger partial charge in [0.25, 0.3) is 0 Å². The zero-order valence-corrected chi connectivity index (χ0v) is 28.9. The van der Waals surface area contributed by atoms with Crippen LogP contribution in [-0.4, -0.2) is 0 Å². The third kappa shape index (κ3) is 4.80. The van der Waals surface area contributed by atoms with Gasteiger partial charge in [0.15, 0.2) is 11.4 Å². The molecule has 4 aromatic rings. The second-order valence-electron chi connectivity index (χ2n) is 6.68. The molecule has 0 N–H and O–H groups in total. The van der Waals surface area contributed by atoms with Crippen LogP contribution in [0.4, 0.5) is 22.7 Å². The minimum atomic E-state index is -0.877. The van der Waals surface area contributed by atoms with E-state index in [1.165, 1.54) is 32.5 Å². The molecular weight excluding hydrogens is 916 g/mol. The third-order valence-electron chi connectivity index (χ3n) is 4.96. The molecule has 0 spiro atoms. The predicted octanol–water partition coefficient (Wildman–Crippen LogP) is 10.1. The van der Waals surface area contributed by atoms with Crippen molar-refractivity contribution < 1.29 is 10.0 Å². The number of hydrogen-bond donors (Lipinski definition) is 0. The normalized spacial score (nSPS) is 13.3. The van der Waals surface area contributed by atoms with E-state index in [2.05, 4.69) is 162 Å². The number of nitrogens with zero attached hydrogens (tertiary/aromatic N) is 1. The van der Waals surface area contributed by atoms with Crippen LogP contribution in [-0.2, 0) is 10.0 Å². The Morgan fingerprint density at radius 3 is 1.23 bits per heavy atom. The van der Waals surface area contributed by atoms with E-state index in [1.807, 2.05) is 11.8 Å². The summed E-state index contributed by atoms with van der Waals surface area (Å²) in [5, 5.41) is 0. The standard InChI is InChI=1S/C24H18NS.Hg.3HI/c1-3-11-19(12-4-1)25(20-13-5-2-6-14-20)21-15-7-9-17-23(21)26-24-18-10-8-16-22(24)25;;;;/h1-18H;;3*1H/q+1;+2;;;/p-3. The Bertz CT molecular complexity index is 1030. The second-order valence-corrected chi connectivity index (χ2v) is 127. The number of benzene rings is 4. The quantitative estimate of drug-likeness (QED) is 0.0966. The van der Waals surface area contributed by atoms with Crippen molar-refractivity contribution in [1.29, 1.82) is 0 Å². The molecular formula is C24H18HgI3NS. The molecule has 1 aliphatic heterocycles. The molecule has 0 atom stereocenters. The fraction of sp³-hybridized carbons (Fsp3) is 0. The molecule has 4 aromatic carbocycles. The minimum Gasteiger partial charge on any atom is -0.192 e. The molecule has 30 heavy (non-hydrogen) atoms. The van der Waals surface area contributed by atoms with Crippen LogP contribution in [0.25, 0.3) is 0 Å². The summed E-state index contributed by atoms with van der Waals surface area (Å²) < 4.78 is 0.612. The maximum Gasteiger partial charge on any atom is 0.162 e. The fourth-order valence-corrected chi connectivity index (χ4v) is 5.05. The first-order chi connectivity index (χ1) is 14.6. The van der Waals surface area contributed by atoms with Crippen LogP contribution in [0.1, 0.15) is 0 Å². The third-order valence-corrected chi connectivity index (χ3v) is 6.09. The van der Waals surface area contributed by atoms with Crippen LogP contribution >= 0.6 is 64.8 Å². The van der Waals surface area contributed by atoms with Crippen molar-refractivity contribution in [1.82, 2.24) is 4.48 Å². The van der Waals surface area contributed by atoms with Gasteiger partial charge < -0.3 is 0 Å². The summed E-state index contributed by atoms with van der Waals surface area (Å²) in [4.78, 5) is 2.61. The van der Waals surface area contributed by atoms with Crippen molar-refractivity contribution >= 4 is 87.5 Å². The van der Waals surface area contributed by atoms with Gasteiger partial charge in [-0.05, 0) is 12.1 Å². The first kappa shape index (κ1) is 23.5. The molecule has 1 heterocycles. The van der Waals surface area contributed by atoms with Crippen molar-refractivity contribution in [2.45, 2.75) is 9.79 Å². The molecule has 0 aromatic heterocycles. The Kier molecular flexibility index (Phi) is 8.57. The summed E-state index contributed by atoms with van der Waals surface area (Å²) >= 11 is 9.50. The molecule has 0 unspecified atom stereocenters. The monoisotopic (exact) mass is 935 g/mol. The molecule has 0 saturated heterocycles. The van der Waals surface area contributed by atoms with Gasteiger partial charge in [0.05, 0.1) is 9.79 Å². The van der Waals surface area contributed by atoms with Gasteiger partial charge in [-0.2, -0.15) is 4.48 Å². The number of hydrogen-bond acceptors (Lipinski definition) is 1. The molecule has 0 amide bonds. The van der Waals surface area contributed by atoms with E-state index in [0.717, 1.165) is 0 Å². The maximum absolute atomic E-state index is 2.55. The Hall–Kier alpha value is 0.315. The molecule has 0 fully saturated rings. The fourth-order valence-electron chi connectivity index (χ4n) is 3.90. The average molecular weight is 934 g/mol. The number of quaternary nitrogens is 1. The molecule has 1 nitrogen and oxygen atoms in total. The molecule has 0 saturated carbocycles. The summed E-state index contributed by atoms with van der Waals surface area (Å²) in [6, 6.07) is 39.2. The first-order valence-corrected chi connectivity index (χ1v) is 56.8. The van der Waals surface area contributed by atoms with Crippen molar-refractivity contribution in [3.8, 4) is 0 Å². The Morgan fingerprint density at radius 1 is 0.500 bits per heavy atom. The van der Waals surface area contributed by atoms with Crippen LogP contribution in [0, 0.1) is 0 Å². The van der Waals surface area contributed by atoms with Crippen molar-refractivity contribution in [3.05, 3.63) is 109 Å². The number of para-hydroxylation sites is 4. The van der Waals surface area contributed by atoms with Gasteiger partial charge in [-0.15, -0.1) is 0 Å². The van der Waals surface area contributed by atoms with E-state index in [0.29, 0.717) is 4.48 Å². The topological polar surface area (TPSA) is 0 Å². The zero-order chi connectivity index (χ0) is 21.0. The zero-order valence-electron chi connectivity index (χ0n) is 16.1. The molecule has 5 rings (SSSR count).